The summed E-state index contributed by atoms with van der Waals surface area (Å²) in [7, 11) is 0. The molecular weight excluding hydrogens is 350 g/mol. The second-order valence-corrected chi connectivity index (χ2v) is 8.72. The number of nitrogen functional groups attached to an aromatic ring is 1. The van der Waals surface area contributed by atoms with Crippen LogP contribution in [-0.2, 0) is 6.42 Å². The van der Waals surface area contributed by atoms with Crippen LogP contribution in [-0.4, -0.2) is 0 Å². The second kappa shape index (κ2) is 10.2. The first-order valence-electron chi connectivity index (χ1n) is 10.5. The van der Waals surface area contributed by atoms with Crippen molar-refractivity contribution in [3.8, 4) is 0 Å². The number of hydrogen-bond acceptors (Lipinski definition) is 1. The Hall–Kier alpha value is -1.47. The molecule has 1 aliphatic rings. The van der Waals surface area contributed by atoms with Gasteiger partial charge in [-0.3, -0.25) is 0 Å². The molecule has 27 heavy (non-hydrogen) atoms. The van der Waals surface area contributed by atoms with Crippen LogP contribution in [0.15, 0.2) is 48.5 Å². The average Bonchev–Trinajstić information content (AvgIpc) is 2.67. The predicted molar refractivity (Wildman–Crippen MR) is 120 cm³/mol. The third-order valence-electron chi connectivity index (χ3n) is 6.64. The highest BCUT2D eigenvalue weighted by atomic mass is 35.5. The van der Waals surface area contributed by atoms with Crippen molar-refractivity contribution in [2.24, 2.45) is 23.7 Å². The van der Waals surface area contributed by atoms with E-state index in [9.17, 15) is 0 Å². The summed E-state index contributed by atoms with van der Waals surface area (Å²) in [5.74, 6) is 3.99. The zero-order valence-electron chi connectivity index (χ0n) is 17.6. The Morgan fingerprint density at radius 2 is 1.63 bits per heavy atom. The maximum atomic E-state index is 5.96. The lowest BCUT2D eigenvalue weighted by Gasteiger charge is -2.51. The van der Waals surface area contributed by atoms with Crippen molar-refractivity contribution in [1.82, 2.24) is 0 Å². The Bertz CT molecular complexity index is 701. The summed E-state index contributed by atoms with van der Waals surface area (Å²) in [4.78, 5) is 0. The highest BCUT2D eigenvalue weighted by Gasteiger charge is 2.44. The molecule has 1 aliphatic carbocycles. The van der Waals surface area contributed by atoms with Crippen LogP contribution in [0.5, 0.6) is 0 Å². The highest BCUT2D eigenvalue weighted by molar-refractivity contribution is 6.31. The fourth-order valence-electron chi connectivity index (χ4n) is 4.56. The summed E-state index contributed by atoms with van der Waals surface area (Å²) in [6, 6.07) is 16.4. The lowest BCUT2D eigenvalue weighted by Crippen LogP contribution is -2.44. The number of unbranched alkanes of at least 4 members (excludes halogenated alkanes) is 1. The van der Waals surface area contributed by atoms with Crippen LogP contribution in [0.2, 0.25) is 5.02 Å². The summed E-state index contributed by atoms with van der Waals surface area (Å²) in [6.45, 7) is 11.7. The monoisotopic (exact) mass is 385 g/mol. The summed E-state index contributed by atoms with van der Waals surface area (Å²) in [5.41, 5.74) is 9.41. The highest BCUT2D eigenvalue weighted by Crippen LogP contribution is 2.52. The molecule has 0 aromatic heterocycles. The molecule has 0 saturated heterocycles. The van der Waals surface area contributed by atoms with Crippen molar-refractivity contribution in [3.05, 3.63) is 64.7 Å². The van der Waals surface area contributed by atoms with Crippen molar-refractivity contribution in [2.45, 2.75) is 59.8 Å². The maximum Gasteiger partial charge on any atom is 0.0437 e. The van der Waals surface area contributed by atoms with E-state index in [1.165, 1.54) is 24.0 Å². The van der Waals surface area contributed by atoms with E-state index < -0.39 is 0 Å². The third kappa shape index (κ3) is 5.51. The van der Waals surface area contributed by atoms with Crippen LogP contribution in [0, 0.1) is 23.7 Å². The topological polar surface area (TPSA) is 26.0 Å². The van der Waals surface area contributed by atoms with Gasteiger partial charge < -0.3 is 5.73 Å². The number of hydrogen-bond donors (Lipinski definition) is 1. The molecule has 2 aromatic rings. The minimum absolute atomic E-state index is 0.629. The van der Waals surface area contributed by atoms with E-state index in [1.54, 1.807) is 0 Å². The van der Waals surface area contributed by atoms with Crippen LogP contribution < -0.4 is 5.73 Å². The molecule has 2 heteroatoms. The molecule has 0 aliphatic heterocycles. The maximum absolute atomic E-state index is 5.96. The van der Waals surface area contributed by atoms with Crippen molar-refractivity contribution >= 4 is 17.3 Å². The van der Waals surface area contributed by atoms with Gasteiger partial charge in [0.05, 0.1) is 0 Å². The Morgan fingerprint density at radius 3 is 2.22 bits per heavy atom. The summed E-state index contributed by atoms with van der Waals surface area (Å²) >= 11 is 5.96. The first kappa shape index (κ1) is 21.8. The molecule has 1 saturated carbocycles. The summed E-state index contributed by atoms with van der Waals surface area (Å²) < 4.78 is 0. The van der Waals surface area contributed by atoms with Gasteiger partial charge in [0.25, 0.3) is 0 Å². The van der Waals surface area contributed by atoms with E-state index in [-0.39, 0.29) is 0 Å². The molecule has 3 unspecified atom stereocenters. The van der Waals surface area contributed by atoms with Gasteiger partial charge in [0.2, 0.25) is 0 Å². The first-order valence-corrected chi connectivity index (χ1v) is 10.8. The smallest absolute Gasteiger partial charge is 0.0437 e. The Kier molecular flexibility index (Phi) is 8.23. The zero-order chi connectivity index (χ0) is 20.0. The van der Waals surface area contributed by atoms with Crippen LogP contribution in [0.1, 0.15) is 64.5 Å². The Labute approximate surface area is 171 Å². The molecule has 148 valence electrons. The molecule has 0 spiro atoms. The molecule has 2 aromatic carbocycles. The van der Waals surface area contributed by atoms with E-state index >= 15 is 0 Å². The van der Waals surface area contributed by atoms with Gasteiger partial charge in [0, 0.05) is 10.7 Å². The van der Waals surface area contributed by atoms with Crippen LogP contribution in [0.25, 0.3) is 0 Å². The summed E-state index contributed by atoms with van der Waals surface area (Å²) in [5, 5.41) is 0.904. The van der Waals surface area contributed by atoms with Crippen molar-refractivity contribution in [1.29, 1.82) is 0 Å². The largest absolute Gasteiger partial charge is 0.399 e. The van der Waals surface area contributed by atoms with Gasteiger partial charge in [0.15, 0.2) is 0 Å². The molecule has 0 radical (unpaired) electrons. The molecule has 3 atom stereocenters. The molecular formula is C25H36ClN. The van der Waals surface area contributed by atoms with E-state index in [2.05, 4.69) is 58.9 Å². The molecule has 0 bridgehead atoms. The number of halogens is 1. The number of rotatable bonds is 5. The minimum atomic E-state index is 0.629. The Balaban J connectivity index is 0.000000208. The lowest BCUT2D eigenvalue weighted by molar-refractivity contribution is -0.000766. The quantitative estimate of drug-likeness (QED) is 0.527. The van der Waals surface area contributed by atoms with Gasteiger partial charge in [-0.05, 0) is 71.8 Å². The lowest BCUT2D eigenvalue weighted by atomic mass is 9.54. The van der Waals surface area contributed by atoms with Crippen LogP contribution >= 0.6 is 11.6 Å². The zero-order valence-corrected chi connectivity index (χ0v) is 18.3. The molecule has 0 heterocycles. The number of benzene rings is 2. The SMILES string of the molecule is CC(c1cccc(N)c1)C1C(C)C(C)C1C.CCCCc1ccccc1Cl. The standard InChI is InChI=1S/C15H23N.C10H13Cl/c1-9-10(2)15(11(9)3)12(4)13-6-5-7-14(16)8-13;1-2-3-6-9-7-4-5-8-10(9)11/h5-12,15H,16H2,1-4H3;4-5,7-8H,2-3,6H2,1H3. The molecule has 3 rings (SSSR count). The Morgan fingerprint density at radius 1 is 0.963 bits per heavy atom. The van der Waals surface area contributed by atoms with Gasteiger partial charge in [0.1, 0.15) is 0 Å². The predicted octanol–water partition coefficient (Wildman–Crippen LogP) is 7.59. The van der Waals surface area contributed by atoms with Crippen molar-refractivity contribution in [2.75, 3.05) is 5.73 Å². The number of aryl methyl sites for hydroxylation is 1. The molecule has 1 fully saturated rings. The van der Waals surface area contributed by atoms with Crippen molar-refractivity contribution < 1.29 is 0 Å². The van der Waals surface area contributed by atoms with E-state index in [0.29, 0.717) is 5.92 Å². The van der Waals surface area contributed by atoms with Gasteiger partial charge in [-0.15, -0.1) is 0 Å². The average molecular weight is 386 g/mol. The first-order chi connectivity index (χ1) is 12.9. The number of nitrogens with two attached hydrogens (primary N) is 1. The molecule has 2 N–H and O–H groups in total. The van der Waals surface area contributed by atoms with E-state index in [0.717, 1.165) is 40.8 Å². The van der Waals surface area contributed by atoms with E-state index in [4.69, 9.17) is 17.3 Å². The number of anilines is 1. The van der Waals surface area contributed by atoms with E-state index in [1.807, 2.05) is 24.3 Å². The third-order valence-corrected chi connectivity index (χ3v) is 7.01. The van der Waals surface area contributed by atoms with Gasteiger partial charge >= 0.3 is 0 Å². The second-order valence-electron chi connectivity index (χ2n) is 8.31. The van der Waals surface area contributed by atoms with Crippen molar-refractivity contribution in [3.63, 3.8) is 0 Å². The van der Waals surface area contributed by atoms with Gasteiger partial charge in [-0.25, -0.2) is 0 Å². The minimum Gasteiger partial charge on any atom is -0.399 e. The summed E-state index contributed by atoms with van der Waals surface area (Å²) in [6.07, 6.45) is 3.56. The fourth-order valence-corrected chi connectivity index (χ4v) is 4.79. The fraction of sp³-hybridized carbons (Fsp3) is 0.520. The molecule has 1 nitrogen and oxygen atoms in total. The van der Waals surface area contributed by atoms with Crippen LogP contribution in [0.4, 0.5) is 5.69 Å². The van der Waals surface area contributed by atoms with Crippen LogP contribution in [0.3, 0.4) is 0 Å². The van der Waals surface area contributed by atoms with Gasteiger partial charge in [-0.2, -0.15) is 0 Å². The van der Waals surface area contributed by atoms with Gasteiger partial charge in [-0.1, -0.05) is 83.0 Å². The molecule has 0 amide bonds. The normalized spacial score (nSPS) is 25.1.